The molecule has 1 aliphatic rings. The number of hydrogen-bond acceptors (Lipinski definition) is 3. The van der Waals surface area contributed by atoms with Gasteiger partial charge in [0.05, 0.1) is 16.8 Å². The third-order valence-corrected chi connectivity index (χ3v) is 4.21. The Morgan fingerprint density at radius 2 is 2.04 bits per heavy atom. The van der Waals surface area contributed by atoms with Crippen molar-refractivity contribution >= 4 is 53.1 Å². The maximum absolute atomic E-state index is 12.5. The molecule has 2 rings (SSSR count). The SMILES string of the molecule is C[C@H](N)C(=O)N1CCCCC1C(=O)Nc1ccc(Cl)cc1Cl.Cl. The van der Waals surface area contributed by atoms with Crippen LogP contribution in [0.2, 0.25) is 10.0 Å². The van der Waals surface area contributed by atoms with Crippen molar-refractivity contribution in [1.29, 1.82) is 0 Å². The molecule has 1 heterocycles. The predicted octanol–water partition coefficient (Wildman–Crippen LogP) is 3.08. The second-order valence-corrected chi connectivity index (χ2v) is 6.29. The van der Waals surface area contributed by atoms with Crippen LogP contribution in [-0.4, -0.2) is 35.3 Å². The van der Waals surface area contributed by atoms with Crippen LogP contribution in [0, 0.1) is 0 Å². The minimum absolute atomic E-state index is 0. The Hall–Kier alpha value is -1.01. The van der Waals surface area contributed by atoms with Crippen LogP contribution in [0.1, 0.15) is 26.2 Å². The van der Waals surface area contributed by atoms with Crippen molar-refractivity contribution in [1.82, 2.24) is 4.90 Å². The molecular weight excluding hydrogens is 361 g/mol. The van der Waals surface area contributed by atoms with E-state index in [1.807, 2.05) is 0 Å². The number of anilines is 1. The van der Waals surface area contributed by atoms with Crippen molar-refractivity contribution in [2.45, 2.75) is 38.3 Å². The standard InChI is InChI=1S/C15H19Cl2N3O2.ClH/c1-9(18)15(22)20-7-3-2-4-13(20)14(21)19-12-6-5-10(16)8-11(12)17;/h5-6,8-9,13H,2-4,7,18H2,1H3,(H,19,21);1H/t9-,13?;/m0./s1. The Morgan fingerprint density at radius 3 is 2.65 bits per heavy atom. The molecule has 0 saturated carbocycles. The molecule has 0 aromatic heterocycles. The lowest BCUT2D eigenvalue weighted by Gasteiger charge is -2.35. The highest BCUT2D eigenvalue weighted by atomic mass is 35.5. The van der Waals surface area contributed by atoms with E-state index in [2.05, 4.69) is 5.32 Å². The molecule has 1 aromatic rings. The summed E-state index contributed by atoms with van der Waals surface area (Å²) in [6, 6.07) is 3.72. The van der Waals surface area contributed by atoms with E-state index in [4.69, 9.17) is 28.9 Å². The lowest BCUT2D eigenvalue weighted by Crippen LogP contribution is -2.54. The van der Waals surface area contributed by atoms with E-state index in [0.29, 0.717) is 28.7 Å². The highest BCUT2D eigenvalue weighted by Crippen LogP contribution is 2.27. The number of carbonyl (C=O) groups excluding carboxylic acids is 2. The van der Waals surface area contributed by atoms with Gasteiger partial charge in [-0.3, -0.25) is 9.59 Å². The Kier molecular flexibility index (Phi) is 7.61. The van der Waals surface area contributed by atoms with Crippen LogP contribution in [0.25, 0.3) is 0 Å². The van der Waals surface area contributed by atoms with E-state index in [-0.39, 0.29) is 24.2 Å². The Morgan fingerprint density at radius 1 is 1.35 bits per heavy atom. The van der Waals surface area contributed by atoms with Gasteiger partial charge < -0.3 is 16.0 Å². The molecule has 3 N–H and O–H groups in total. The summed E-state index contributed by atoms with van der Waals surface area (Å²) in [5.41, 5.74) is 6.15. The lowest BCUT2D eigenvalue weighted by atomic mass is 10.00. The van der Waals surface area contributed by atoms with E-state index in [9.17, 15) is 9.59 Å². The van der Waals surface area contributed by atoms with Gasteiger partial charge in [-0.2, -0.15) is 0 Å². The molecule has 2 amide bonds. The van der Waals surface area contributed by atoms with Crippen LogP contribution in [0.3, 0.4) is 0 Å². The molecule has 23 heavy (non-hydrogen) atoms. The van der Waals surface area contributed by atoms with Crippen LogP contribution in [0.5, 0.6) is 0 Å². The fourth-order valence-electron chi connectivity index (χ4n) is 2.54. The molecule has 0 bridgehead atoms. The zero-order chi connectivity index (χ0) is 16.3. The summed E-state index contributed by atoms with van der Waals surface area (Å²) in [6.45, 7) is 2.18. The summed E-state index contributed by atoms with van der Waals surface area (Å²) in [5, 5.41) is 3.62. The molecule has 128 valence electrons. The number of rotatable bonds is 3. The summed E-state index contributed by atoms with van der Waals surface area (Å²) in [4.78, 5) is 26.2. The van der Waals surface area contributed by atoms with E-state index in [1.54, 1.807) is 30.0 Å². The first-order chi connectivity index (χ1) is 10.4. The zero-order valence-corrected chi connectivity index (χ0v) is 15.0. The maximum Gasteiger partial charge on any atom is 0.247 e. The fraction of sp³-hybridized carbons (Fsp3) is 0.467. The topological polar surface area (TPSA) is 75.4 Å². The molecule has 8 heteroatoms. The van der Waals surface area contributed by atoms with E-state index >= 15 is 0 Å². The summed E-state index contributed by atoms with van der Waals surface area (Å²) < 4.78 is 0. The molecule has 2 atom stereocenters. The molecule has 0 spiro atoms. The molecule has 1 unspecified atom stereocenters. The highest BCUT2D eigenvalue weighted by Gasteiger charge is 2.33. The number of carbonyl (C=O) groups is 2. The number of benzene rings is 1. The van der Waals surface area contributed by atoms with Gasteiger partial charge in [-0.05, 0) is 44.4 Å². The van der Waals surface area contributed by atoms with Gasteiger partial charge in [0.25, 0.3) is 0 Å². The van der Waals surface area contributed by atoms with E-state index in [0.717, 1.165) is 12.8 Å². The van der Waals surface area contributed by atoms with Gasteiger partial charge in [0.2, 0.25) is 11.8 Å². The monoisotopic (exact) mass is 379 g/mol. The zero-order valence-electron chi connectivity index (χ0n) is 12.7. The Bertz CT molecular complexity index is 581. The highest BCUT2D eigenvalue weighted by molar-refractivity contribution is 6.36. The van der Waals surface area contributed by atoms with Crippen molar-refractivity contribution in [2.75, 3.05) is 11.9 Å². The van der Waals surface area contributed by atoms with Crippen molar-refractivity contribution in [3.05, 3.63) is 28.2 Å². The molecule has 0 aliphatic carbocycles. The quantitative estimate of drug-likeness (QED) is 0.846. The molecule has 1 saturated heterocycles. The molecule has 1 aliphatic heterocycles. The summed E-state index contributed by atoms with van der Waals surface area (Å²) in [5.74, 6) is -0.458. The number of nitrogens with one attached hydrogen (secondary N) is 1. The van der Waals surface area contributed by atoms with Crippen molar-refractivity contribution in [3.8, 4) is 0 Å². The first-order valence-electron chi connectivity index (χ1n) is 7.22. The number of likely N-dealkylation sites (tertiary alicyclic amines) is 1. The van der Waals surface area contributed by atoms with Crippen LogP contribution in [0.15, 0.2) is 18.2 Å². The van der Waals surface area contributed by atoms with Crippen molar-refractivity contribution < 1.29 is 9.59 Å². The van der Waals surface area contributed by atoms with Crippen LogP contribution < -0.4 is 11.1 Å². The predicted molar refractivity (Wildman–Crippen MR) is 95.3 cm³/mol. The number of halogens is 3. The van der Waals surface area contributed by atoms with Gasteiger partial charge >= 0.3 is 0 Å². The van der Waals surface area contributed by atoms with Gasteiger partial charge in [0, 0.05) is 11.6 Å². The molecule has 0 radical (unpaired) electrons. The summed E-state index contributed by atoms with van der Waals surface area (Å²) in [7, 11) is 0. The second-order valence-electron chi connectivity index (χ2n) is 5.45. The third-order valence-electron chi connectivity index (χ3n) is 3.67. The Labute approximate surface area is 151 Å². The average molecular weight is 381 g/mol. The fourth-order valence-corrected chi connectivity index (χ4v) is 2.99. The number of nitrogens with two attached hydrogens (primary N) is 1. The van der Waals surface area contributed by atoms with Crippen LogP contribution in [-0.2, 0) is 9.59 Å². The average Bonchev–Trinajstić information content (AvgIpc) is 2.49. The molecule has 1 aromatic carbocycles. The first-order valence-corrected chi connectivity index (χ1v) is 7.97. The number of amides is 2. The molecular formula is C15H20Cl3N3O2. The largest absolute Gasteiger partial charge is 0.329 e. The van der Waals surface area contributed by atoms with E-state index < -0.39 is 12.1 Å². The van der Waals surface area contributed by atoms with Gasteiger partial charge in [0.15, 0.2) is 0 Å². The number of nitrogens with zero attached hydrogens (tertiary/aromatic N) is 1. The van der Waals surface area contributed by atoms with Gasteiger partial charge in [-0.25, -0.2) is 0 Å². The summed E-state index contributed by atoms with van der Waals surface area (Å²) >= 11 is 11.9. The molecule has 1 fully saturated rings. The second kappa shape index (κ2) is 8.73. The van der Waals surface area contributed by atoms with Crippen LogP contribution >= 0.6 is 35.6 Å². The lowest BCUT2D eigenvalue weighted by molar-refractivity contribution is -0.141. The van der Waals surface area contributed by atoms with Crippen molar-refractivity contribution in [3.63, 3.8) is 0 Å². The number of piperidine rings is 1. The number of hydrogen-bond donors (Lipinski definition) is 2. The van der Waals surface area contributed by atoms with E-state index in [1.165, 1.54) is 0 Å². The Balaban J connectivity index is 0.00000264. The van der Waals surface area contributed by atoms with Crippen molar-refractivity contribution in [2.24, 2.45) is 5.73 Å². The maximum atomic E-state index is 12.5. The first kappa shape index (κ1) is 20.0. The van der Waals surface area contributed by atoms with Gasteiger partial charge in [0.1, 0.15) is 6.04 Å². The van der Waals surface area contributed by atoms with Gasteiger partial charge in [-0.1, -0.05) is 23.2 Å². The normalized spacial score (nSPS) is 18.8. The van der Waals surface area contributed by atoms with Crippen LogP contribution in [0.4, 0.5) is 5.69 Å². The molecule has 5 nitrogen and oxygen atoms in total. The summed E-state index contributed by atoms with van der Waals surface area (Å²) in [6.07, 6.45) is 2.40. The smallest absolute Gasteiger partial charge is 0.247 e. The van der Waals surface area contributed by atoms with Gasteiger partial charge in [-0.15, -0.1) is 12.4 Å². The minimum Gasteiger partial charge on any atom is -0.329 e. The minimum atomic E-state index is -0.618. The third kappa shape index (κ3) is 4.98.